The van der Waals surface area contributed by atoms with Crippen LogP contribution in [0.3, 0.4) is 0 Å². The quantitative estimate of drug-likeness (QED) is 0.575. The highest BCUT2D eigenvalue weighted by atomic mass is 32.1. The standard InChI is InChI=1S/C10H19N3S/c1-8-9(5-7-14-8)10(12-11)4-6-13(2)3/h5,7,10,12H,4,6,11H2,1-3H3. The van der Waals surface area contributed by atoms with Gasteiger partial charge in [-0.3, -0.25) is 11.3 Å². The fraction of sp³-hybridized carbons (Fsp3) is 0.600. The minimum atomic E-state index is 0.281. The molecular weight excluding hydrogens is 194 g/mol. The first-order valence-electron chi connectivity index (χ1n) is 4.80. The van der Waals surface area contributed by atoms with E-state index in [0.29, 0.717) is 0 Å². The molecule has 0 saturated heterocycles. The normalized spacial score (nSPS) is 13.5. The molecule has 0 radical (unpaired) electrons. The molecular formula is C10H19N3S. The number of hydrazine groups is 1. The van der Waals surface area contributed by atoms with Gasteiger partial charge in [-0.1, -0.05) is 0 Å². The second-order valence-electron chi connectivity index (χ2n) is 3.74. The van der Waals surface area contributed by atoms with Crippen molar-refractivity contribution in [2.75, 3.05) is 20.6 Å². The number of rotatable bonds is 5. The molecule has 14 heavy (non-hydrogen) atoms. The zero-order chi connectivity index (χ0) is 10.6. The average Bonchev–Trinajstić information content (AvgIpc) is 2.53. The monoisotopic (exact) mass is 213 g/mol. The van der Waals surface area contributed by atoms with Crippen molar-refractivity contribution in [3.8, 4) is 0 Å². The van der Waals surface area contributed by atoms with E-state index in [0.717, 1.165) is 13.0 Å². The van der Waals surface area contributed by atoms with E-state index in [2.05, 4.69) is 42.8 Å². The van der Waals surface area contributed by atoms with E-state index in [9.17, 15) is 0 Å². The summed E-state index contributed by atoms with van der Waals surface area (Å²) in [6.45, 7) is 3.18. The minimum Gasteiger partial charge on any atom is -0.309 e. The van der Waals surface area contributed by atoms with E-state index in [-0.39, 0.29) is 6.04 Å². The van der Waals surface area contributed by atoms with Gasteiger partial charge in [-0.15, -0.1) is 11.3 Å². The smallest absolute Gasteiger partial charge is 0.0483 e. The van der Waals surface area contributed by atoms with Crippen molar-refractivity contribution in [1.29, 1.82) is 0 Å². The number of thiophene rings is 1. The maximum atomic E-state index is 5.56. The van der Waals surface area contributed by atoms with Crippen molar-refractivity contribution in [3.05, 3.63) is 21.9 Å². The second kappa shape index (κ2) is 5.46. The Morgan fingerprint density at radius 2 is 2.29 bits per heavy atom. The van der Waals surface area contributed by atoms with E-state index in [1.165, 1.54) is 10.4 Å². The molecule has 1 atom stereocenters. The van der Waals surface area contributed by atoms with Gasteiger partial charge in [0.2, 0.25) is 0 Å². The molecule has 1 aromatic rings. The summed E-state index contributed by atoms with van der Waals surface area (Å²) in [5.74, 6) is 5.56. The summed E-state index contributed by atoms with van der Waals surface area (Å²) in [6.07, 6.45) is 1.04. The summed E-state index contributed by atoms with van der Waals surface area (Å²) in [5, 5.41) is 2.12. The zero-order valence-corrected chi connectivity index (χ0v) is 9.90. The van der Waals surface area contributed by atoms with Gasteiger partial charge in [0.1, 0.15) is 0 Å². The van der Waals surface area contributed by atoms with Crippen LogP contribution in [-0.4, -0.2) is 25.5 Å². The lowest BCUT2D eigenvalue weighted by atomic mass is 10.1. The lowest BCUT2D eigenvalue weighted by molar-refractivity contribution is 0.363. The van der Waals surface area contributed by atoms with E-state index >= 15 is 0 Å². The van der Waals surface area contributed by atoms with Crippen LogP contribution in [-0.2, 0) is 0 Å². The third-order valence-corrected chi connectivity index (χ3v) is 3.20. The predicted octanol–water partition coefficient (Wildman–Crippen LogP) is 1.51. The first-order valence-corrected chi connectivity index (χ1v) is 5.68. The van der Waals surface area contributed by atoms with Crippen LogP contribution < -0.4 is 11.3 Å². The number of hydrogen-bond donors (Lipinski definition) is 2. The molecule has 0 aliphatic carbocycles. The van der Waals surface area contributed by atoms with Gasteiger partial charge in [0.05, 0.1) is 0 Å². The topological polar surface area (TPSA) is 41.3 Å². The lowest BCUT2D eigenvalue weighted by Crippen LogP contribution is -2.30. The van der Waals surface area contributed by atoms with Crippen LogP contribution in [0.1, 0.15) is 22.9 Å². The van der Waals surface area contributed by atoms with Crippen molar-refractivity contribution in [1.82, 2.24) is 10.3 Å². The molecule has 4 heteroatoms. The Morgan fingerprint density at radius 3 is 2.71 bits per heavy atom. The largest absolute Gasteiger partial charge is 0.309 e. The molecule has 80 valence electrons. The van der Waals surface area contributed by atoms with E-state index in [1.54, 1.807) is 11.3 Å². The van der Waals surface area contributed by atoms with E-state index in [4.69, 9.17) is 5.84 Å². The molecule has 0 bridgehead atoms. The fourth-order valence-corrected chi connectivity index (χ4v) is 2.24. The highest BCUT2D eigenvalue weighted by molar-refractivity contribution is 7.10. The second-order valence-corrected chi connectivity index (χ2v) is 4.86. The lowest BCUT2D eigenvalue weighted by Gasteiger charge is -2.18. The number of hydrogen-bond acceptors (Lipinski definition) is 4. The van der Waals surface area contributed by atoms with Gasteiger partial charge >= 0.3 is 0 Å². The summed E-state index contributed by atoms with van der Waals surface area (Å²) in [5.41, 5.74) is 4.21. The van der Waals surface area contributed by atoms with Crippen molar-refractivity contribution in [2.45, 2.75) is 19.4 Å². The Balaban J connectivity index is 2.58. The summed E-state index contributed by atoms with van der Waals surface area (Å²) in [6, 6.07) is 2.43. The van der Waals surface area contributed by atoms with Gasteiger partial charge < -0.3 is 4.90 Å². The maximum Gasteiger partial charge on any atom is 0.0483 e. The molecule has 1 heterocycles. The van der Waals surface area contributed by atoms with Crippen LogP contribution in [0.2, 0.25) is 0 Å². The molecule has 1 aromatic heterocycles. The highest BCUT2D eigenvalue weighted by Gasteiger charge is 2.12. The molecule has 0 fully saturated rings. The first-order chi connectivity index (χ1) is 6.65. The average molecular weight is 213 g/mol. The Labute approximate surface area is 89.9 Å². The van der Waals surface area contributed by atoms with Crippen LogP contribution in [0.25, 0.3) is 0 Å². The molecule has 3 nitrogen and oxygen atoms in total. The summed E-state index contributed by atoms with van der Waals surface area (Å²) in [7, 11) is 4.15. The molecule has 0 aromatic carbocycles. The molecule has 0 saturated carbocycles. The third-order valence-electron chi connectivity index (χ3n) is 2.34. The summed E-state index contributed by atoms with van der Waals surface area (Å²) < 4.78 is 0. The van der Waals surface area contributed by atoms with Gasteiger partial charge in [-0.2, -0.15) is 0 Å². The molecule has 0 amide bonds. The van der Waals surface area contributed by atoms with Crippen LogP contribution in [0.15, 0.2) is 11.4 Å². The number of aryl methyl sites for hydroxylation is 1. The van der Waals surface area contributed by atoms with Crippen LogP contribution >= 0.6 is 11.3 Å². The van der Waals surface area contributed by atoms with Gasteiger partial charge in [0.15, 0.2) is 0 Å². The van der Waals surface area contributed by atoms with Crippen molar-refractivity contribution in [3.63, 3.8) is 0 Å². The maximum absolute atomic E-state index is 5.56. The van der Waals surface area contributed by atoms with Crippen LogP contribution in [0.4, 0.5) is 0 Å². The van der Waals surface area contributed by atoms with E-state index in [1.807, 2.05) is 0 Å². The molecule has 3 N–H and O–H groups in total. The van der Waals surface area contributed by atoms with E-state index < -0.39 is 0 Å². The van der Waals surface area contributed by atoms with Gasteiger partial charge in [0.25, 0.3) is 0 Å². The molecule has 1 unspecified atom stereocenters. The number of nitrogens with two attached hydrogens (primary N) is 1. The Bertz CT molecular complexity index is 270. The van der Waals surface area contributed by atoms with Gasteiger partial charge in [-0.05, 0) is 51.0 Å². The first kappa shape index (κ1) is 11.7. The highest BCUT2D eigenvalue weighted by Crippen LogP contribution is 2.24. The zero-order valence-electron chi connectivity index (χ0n) is 9.08. The minimum absolute atomic E-state index is 0.281. The molecule has 1 rings (SSSR count). The Hall–Kier alpha value is -0.420. The van der Waals surface area contributed by atoms with Crippen LogP contribution in [0.5, 0.6) is 0 Å². The molecule has 0 spiro atoms. The predicted molar refractivity (Wildman–Crippen MR) is 62.3 cm³/mol. The summed E-state index contributed by atoms with van der Waals surface area (Å²) >= 11 is 1.77. The van der Waals surface area contributed by atoms with Gasteiger partial charge in [-0.25, -0.2) is 0 Å². The Morgan fingerprint density at radius 1 is 1.57 bits per heavy atom. The van der Waals surface area contributed by atoms with Gasteiger partial charge in [0, 0.05) is 10.9 Å². The Kier molecular flexibility index (Phi) is 4.54. The van der Waals surface area contributed by atoms with Crippen molar-refractivity contribution < 1.29 is 0 Å². The number of nitrogens with one attached hydrogen (secondary N) is 1. The van der Waals surface area contributed by atoms with Crippen molar-refractivity contribution >= 4 is 11.3 Å². The summed E-state index contributed by atoms with van der Waals surface area (Å²) in [4.78, 5) is 3.53. The third kappa shape index (κ3) is 3.06. The SMILES string of the molecule is Cc1sccc1C(CCN(C)C)NN. The number of nitrogens with zero attached hydrogens (tertiary/aromatic N) is 1. The fourth-order valence-electron chi connectivity index (χ4n) is 1.47. The molecule has 0 aliphatic heterocycles. The molecule has 0 aliphatic rings. The van der Waals surface area contributed by atoms with Crippen molar-refractivity contribution in [2.24, 2.45) is 5.84 Å². The van der Waals surface area contributed by atoms with Crippen LogP contribution in [0, 0.1) is 6.92 Å².